The Morgan fingerprint density at radius 3 is 1.15 bits per heavy atom. The first-order chi connectivity index (χ1) is 41.7. The van der Waals surface area contributed by atoms with Crippen LogP contribution in [-0.2, 0) is 23.8 Å². The average Bonchev–Trinajstić information content (AvgIpc) is 3.33. The molecular formula is C74H139NO10. The van der Waals surface area contributed by atoms with Crippen LogP contribution in [0.15, 0.2) is 36.5 Å². The average molecular weight is 1200 g/mol. The standard InChI is InChI=1S/C74H139NO10/c1-3-5-7-9-11-13-15-42-46-50-54-58-62-70(79)83-63-59-55-51-47-43-40-38-36-34-32-30-28-26-24-22-20-18-16-17-19-21-23-25-27-29-31-33-35-37-39-41-45-49-53-57-61-69(78)75-66(65-84-74-73(82)72(81)71(80)68(64-76)85-74)67(77)60-56-52-48-44-14-12-10-8-6-4-2/h11,13,18,20,56,60,66-68,71-74,76-77,80-82H,3-10,12,14-17,19,21-55,57-59,61-65H2,1-2H3,(H,75,78)/b13-11-,20-18-,60-56+. The quantitative estimate of drug-likeness (QED) is 0.0195. The van der Waals surface area contributed by atoms with Crippen LogP contribution in [0.4, 0.5) is 0 Å². The summed E-state index contributed by atoms with van der Waals surface area (Å²) in [6, 6.07) is -0.806. The van der Waals surface area contributed by atoms with Crippen LogP contribution in [0.5, 0.6) is 0 Å². The van der Waals surface area contributed by atoms with E-state index in [2.05, 4.69) is 43.5 Å². The molecular weight excluding hydrogens is 1060 g/mol. The first kappa shape index (κ1) is 80.9. The third kappa shape index (κ3) is 52.4. The van der Waals surface area contributed by atoms with E-state index >= 15 is 0 Å². The highest BCUT2D eigenvalue weighted by Gasteiger charge is 2.44. The molecule has 0 aromatic carbocycles. The number of nitrogens with one attached hydrogen (secondary N) is 1. The van der Waals surface area contributed by atoms with Gasteiger partial charge in [0.25, 0.3) is 0 Å². The molecule has 500 valence electrons. The van der Waals surface area contributed by atoms with Crippen molar-refractivity contribution in [1.82, 2.24) is 5.32 Å². The molecule has 7 unspecified atom stereocenters. The van der Waals surface area contributed by atoms with Crippen LogP contribution in [0, 0.1) is 0 Å². The highest BCUT2D eigenvalue weighted by Crippen LogP contribution is 2.23. The van der Waals surface area contributed by atoms with Gasteiger partial charge in [-0.2, -0.15) is 0 Å². The number of amides is 1. The zero-order valence-electron chi connectivity index (χ0n) is 55.6. The fourth-order valence-electron chi connectivity index (χ4n) is 11.7. The molecule has 1 aliphatic rings. The number of carbonyl (C=O) groups excluding carboxylic acids is 2. The van der Waals surface area contributed by atoms with Gasteiger partial charge in [0.2, 0.25) is 5.91 Å². The molecule has 11 nitrogen and oxygen atoms in total. The first-order valence-corrected chi connectivity index (χ1v) is 36.8. The van der Waals surface area contributed by atoms with Crippen LogP contribution in [0.25, 0.3) is 0 Å². The summed E-state index contributed by atoms with van der Waals surface area (Å²) < 4.78 is 16.7. The van der Waals surface area contributed by atoms with Gasteiger partial charge < -0.3 is 45.1 Å². The molecule has 0 radical (unpaired) electrons. The molecule has 6 N–H and O–H groups in total. The van der Waals surface area contributed by atoms with Gasteiger partial charge in [-0.3, -0.25) is 9.59 Å². The summed E-state index contributed by atoms with van der Waals surface area (Å²) in [6.45, 7) is 4.33. The molecule has 85 heavy (non-hydrogen) atoms. The Morgan fingerprint density at radius 1 is 0.424 bits per heavy atom. The number of hydrogen-bond donors (Lipinski definition) is 6. The molecule has 11 heteroatoms. The zero-order chi connectivity index (χ0) is 61.6. The number of esters is 1. The van der Waals surface area contributed by atoms with Crippen molar-refractivity contribution >= 4 is 11.9 Å². The van der Waals surface area contributed by atoms with Crippen LogP contribution in [-0.4, -0.2) is 100 Å². The van der Waals surface area contributed by atoms with Gasteiger partial charge in [-0.15, -0.1) is 0 Å². The Morgan fingerprint density at radius 2 is 0.753 bits per heavy atom. The Hall–Kier alpha value is -2.12. The highest BCUT2D eigenvalue weighted by atomic mass is 16.7. The summed E-state index contributed by atoms with van der Waals surface area (Å²) in [4.78, 5) is 25.1. The van der Waals surface area contributed by atoms with Gasteiger partial charge in [0, 0.05) is 12.8 Å². The van der Waals surface area contributed by atoms with E-state index in [1.165, 1.54) is 276 Å². The van der Waals surface area contributed by atoms with Crippen molar-refractivity contribution in [3.05, 3.63) is 36.5 Å². The molecule has 0 bridgehead atoms. The molecule has 1 heterocycles. The van der Waals surface area contributed by atoms with Gasteiger partial charge in [0.1, 0.15) is 24.4 Å². The fourth-order valence-corrected chi connectivity index (χ4v) is 11.7. The third-order valence-electron chi connectivity index (χ3n) is 17.5. The predicted molar refractivity (Wildman–Crippen MR) is 357 cm³/mol. The summed E-state index contributed by atoms with van der Waals surface area (Å²) in [7, 11) is 0. The number of ether oxygens (including phenoxy) is 3. The summed E-state index contributed by atoms with van der Waals surface area (Å²) in [5.74, 6) is -0.174. The molecule has 0 saturated carbocycles. The van der Waals surface area contributed by atoms with E-state index < -0.39 is 49.5 Å². The van der Waals surface area contributed by atoms with Crippen molar-refractivity contribution in [3.8, 4) is 0 Å². The molecule has 1 amide bonds. The Balaban J connectivity index is 1.90. The van der Waals surface area contributed by atoms with Crippen molar-refractivity contribution in [2.75, 3.05) is 19.8 Å². The Bertz CT molecular complexity index is 1510. The first-order valence-electron chi connectivity index (χ1n) is 36.8. The Kier molecular flexibility index (Phi) is 60.4. The number of aliphatic hydroxyl groups excluding tert-OH is 5. The number of aliphatic hydroxyl groups is 5. The smallest absolute Gasteiger partial charge is 0.305 e. The van der Waals surface area contributed by atoms with Crippen LogP contribution >= 0.6 is 0 Å². The van der Waals surface area contributed by atoms with Crippen LogP contribution in [0.3, 0.4) is 0 Å². The van der Waals surface area contributed by atoms with Gasteiger partial charge in [0.15, 0.2) is 6.29 Å². The van der Waals surface area contributed by atoms with Crippen LogP contribution in [0.1, 0.15) is 361 Å². The number of rotatable bonds is 65. The summed E-state index contributed by atoms with van der Waals surface area (Å²) in [5, 5.41) is 54.4. The van der Waals surface area contributed by atoms with Gasteiger partial charge in [0.05, 0.1) is 32.0 Å². The second kappa shape index (κ2) is 63.4. The number of carbonyl (C=O) groups is 2. The van der Waals surface area contributed by atoms with E-state index in [1.807, 2.05) is 6.08 Å². The Labute approximate surface area is 523 Å². The third-order valence-corrected chi connectivity index (χ3v) is 17.5. The molecule has 0 aromatic rings. The van der Waals surface area contributed by atoms with Crippen molar-refractivity contribution in [3.63, 3.8) is 0 Å². The van der Waals surface area contributed by atoms with Crippen molar-refractivity contribution < 1.29 is 49.3 Å². The normalized spacial score (nSPS) is 18.1. The molecule has 1 rings (SSSR count). The molecule has 0 aromatic heterocycles. The van der Waals surface area contributed by atoms with E-state index in [-0.39, 0.29) is 18.5 Å². The molecule has 7 atom stereocenters. The summed E-state index contributed by atoms with van der Waals surface area (Å²) >= 11 is 0. The maximum absolute atomic E-state index is 13.0. The summed E-state index contributed by atoms with van der Waals surface area (Å²) in [6.07, 6.45) is 71.7. The minimum absolute atomic E-state index is 0.00360. The maximum Gasteiger partial charge on any atom is 0.305 e. The van der Waals surface area contributed by atoms with Crippen molar-refractivity contribution in [2.45, 2.75) is 403 Å². The minimum Gasteiger partial charge on any atom is -0.466 e. The van der Waals surface area contributed by atoms with E-state index in [0.717, 1.165) is 57.8 Å². The van der Waals surface area contributed by atoms with Gasteiger partial charge in [-0.25, -0.2) is 0 Å². The van der Waals surface area contributed by atoms with Gasteiger partial charge >= 0.3 is 5.97 Å². The van der Waals surface area contributed by atoms with E-state index in [1.54, 1.807) is 6.08 Å². The summed E-state index contributed by atoms with van der Waals surface area (Å²) in [5.41, 5.74) is 0. The molecule has 1 aliphatic heterocycles. The second-order valence-corrected chi connectivity index (χ2v) is 25.6. The lowest BCUT2D eigenvalue weighted by Gasteiger charge is -2.40. The lowest BCUT2D eigenvalue weighted by molar-refractivity contribution is -0.302. The van der Waals surface area contributed by atoms with Gasteiger partial charge in [-0.05, 0) is 83.5 Å². The second-order valence-electron chi connectivity index (χ2n) is 25.6. The molecule has 0 spiro atoms. The fraction of sp³-hybridized carbons (Fsp3) is 0.892. The highest BCUT2D eigenvalue weighted by molar-refractivity contribution is 5.76. The van der Waals surface area contributed by atoms with E-state index in [4.69, 9.17) is 14.2 Å². The topological polar surface area (TPSA) is 175 Å². The largest absolute Gasteiger partial charge is 0.466 e. The zero-order valence-corrected chi connectivity index (χ0v) is 55.6. The monoisotopic (exact) mass is 1200 g/mol. The lowest BCUT2D eigenvalue weighted by Crippen LogP contribution is -2.60. The van der Waals surface area contributed by atoms with Crippen LogP contribution < -0.4 is 5.32 Å². The molecule has 0 aliphatic carbocycles. The van der Waals surface area contributed by atoms with Gasteiger partial charge in [-0.1, -0.05) is 301 Å². The predicted octanol–water partition coefficient (Wildman–Crippen LogP) is 19.0. The SMILES string of the molecule is CCCCC/C=C\CCCCCCCC(=O)OCCCCCCCCCCCCCCCC/C=C\CCCCCCCCCCCCCCCCCCCC(=O)NC(COC1OC(CO)C(O)C(O)C1O)C(O)/C=C/CCCCCCCCCC. The molecule has 1 fully saturated rings. The van der Waals surface area contributed by atoms with E-state index in [0.29, 0.717) is 19.4 Å². The number of unbranched alkanes of at least 4 members (excludes halogenated alkanes) is 47. The maximum atomic E-state index is 13.0. The van der Waals surface area contributed by atoms with Crippen molar-refractivity contribution in [1.29, 1.82) is 0 Å². The number of allylic oxidation sites excluding steroid dienone is 5. The van der Waals surface area contributed by atoms with Crippen LogP contribution in [0.2, 0.25) is 0 Å². The van der Waals surface area contributed by atoms with E-state index in [9.17, 15) is 35.1 Å². The lowest BCUT2D eigenvalue weighted by atomic mass is 9.99. The number of hydrogen-bond acceptors (Lipinski definition) is 10. The molecule has 1 saturated heterocycles. The van der Waals surface area contributed by atoms with Crippen molar-refractivity contribution in [2.24, 2.45) is 0 Å². The minimum atomic E-state index is -1.57.